The number of fused-ring (bicyclic) bond motifs is 2. The van der Waals surface area contributed by atoms with Crippen LogP contribution in [0.15, 0.2) is 65.3 Å². The van der Waals surface area contributed by atoms with Crippen molar-refractivity contribution in [3.8, 4) is 17.2 Å². The summed E-state index contributed by atoms with van der Waals surface area (Å²) in [6.07, 6.45) is 0.800. The summed E-state index contributed by atoms with van der Waals surface area (Å²) >= 11 is 1.42. The predicted molar refractivity (Wildman–Crippen MR) is 112 cm³/mol. The third-order valence-corrected chi connectivity index (χ3v) is 5.82. The number of nitrogens with zero attached hydrogens (tertiary/aromatic N) is 2. The Bertz CT molecular complexity index is 1190. The Morgan fingerprint density at radius 2 is 2.07 bits per heavy atom. The standard InChI is InChI=1S/C22H18N2O5S/c1-26-14-8-9-20-16(11-14)23-22(30-20)24(12-15-5-4-10-27-15)21(25)19-13-28-17-6-2-3-7-18(17)29-19/h2-11,19H,12-13H2,1H3. The van der Waals surface area contributed by atoms with Crippen LogP contribution >= 0.6 is 11.3 Å². The number of carbonyl (C=O) groups excluding carboxylic acids is 1. The van der Waals surface area contributed by atoms with Crippen molar-refractivity contribution >= 4 is 32.6 Å². The molecule has 1 aliphatic rings. The third-order valence-electron chi connectivity index (χ3n) is 4.76. The second-order valence-electron chi connectivity index (χ2n) is 6.70. The fraction of sp³-hybridized carbons (Fsp3) is 0.182. The van der Waals surface area contributed by atoms with Gasteiger partial charge in [-0.2, -0.15) is 0 Å². The molecule has 0 radical (unpaired) electrons. The van der Waals surface area contributed by atoms with Crippen LogP contribution in [-0.2, 0) is 11.3 Å². The summed E-state index contributed by atoms with van der Waals surface area (Å²) in [6.45, 7) is 0.369. The zero-order valence-corrected chi connectivity index (χ0v) is 16.9. The van der Waals surface area contributed by atoms with Crippen molar-refractivity contribution in [3.63, 3.8) is 0 Å². The number of ether oxygens (including phenoxy) is 3. The SMILES string of the molecule is COc1ccc2sc(N(Cc3ccco3)C(=O)C3COc4ccccc4O3)nc2c1. The van der Waals surface area contributed by atoms with Crippen molar-refractivity contribution in [1.82, 2.24) is 4.98 Å². The van der Waals surface area contributed by atoms with E-state index in [1.165, 1.54) is 11.3 Å². The van der Waals surface area contributed by atoms with E-state index in [0.717, 1.165) is 10.2 Å². The molecule has 0 N–H and O–H groups in total. The number of benzene rings is 2. The first-order chi connectivity index (χ1) is 14.7. The van der Waals surface area contributed by atoms with E-state index in [2.05, 4.69) is 4.98 Å². The van der Waals surface area contributed by atoms with Gasteiger partial charge >= 0.3 is 0 Å². The molecule has 1 amide bonds. The molecule has 4 aromatic rings. The van der Waals surface area contributed by atoms with Crippen molar-refractivity contribution in [3.05, 3.63) is 66.6 Å². The van der Waals surface area contributed by atoms with E-state index in [-0.39, 0.29) is 19.1 Å². The lowest BCUT2D eigenvalue weighted by Crippen LogP contribution is -2.46. The van der Waals surface area contributed by atoms with E-state index in [1.54, 1.807) is 30.4 Å². The quantitative estimate of drug-likeness (QED) is 0.478. The number of hydrogen-bond donors (Lipinski definition) is 0. The van der Waals surface area contributed by atoms with Crippen LogP contribution in [0.3, 0.4) is 0 Å². The van der Waals surface area contributed by atoms with Gasteiger partial charge in [-0.15, -0.1) is 0 Å². The molecule has 2 aromatic carbocycles. The number of carbonyl (C=O) groups is 1. The number of hydrogen-bond acceptors (Lipinski definition) is 7. The lowest BCUT2D eigenvalue weighted by Gasteiger charge is -2.29. The van der Waals surface area contributed by atoms with Gasteiger partial charge in [0.15, 0.2) is 16.6 Å². The van der Waals surface area contributed by atoms with Gasteiger partial charge in [-0.05, 0) is 36.4 Å². The number of anilines is 1. The summed E-state index contributed by atoms with van der Waals surface area (Å²) in [5.41, 5.74) is 0.762. The first-order valence-electron chi connectivity index (χ1n) is 9.38. The van der Waals surface area contributed by atoms with Crippen LogP contribution in [0.4, 0.5) is 5.13 Å². The molecule has 152 valence electrons. The molecule has 1 unspecified atom stereocenters. The number of methoxy groups -OCH3 is 1. The highest BCUT2D eigenvalue weighted by Gasteiger charge is 2.33. The normalized spacial score (nSPS) is 15.2. The first-order valence-corrected chi connectivity index (χ1v) is 10.2. The van der Waals surface area contributed by atoms with E-state index >= 15 is 0 Å². The Morgan fingerprint density at radius 3 is 2.87 bits per heavy atom. The molecule has 8 heteroatoms. The lowest BCUT2D eigenvalue weighted by molar-refractivity contribution is -0.127. The fourth-order valence-corrected chi connectivity index (χ4v) is 4.20. The Labute approximate surface area is 176 Å². The molecule has 7 nitrogen and oxygen atoms in total. The summed E-state index contributed by atoms with van der Waals surface area (Å²) in [6, 6.07) is 16.6. The summed E-state index contributed by atoms with van der Waals surface area (Å²) in [7, 11) is 1.61. The monoisotopic (exact) mass is 422 g/mol. The average molecular weight is 422 g/mol. The molecule has 0 fully saturated rings. The molecular formula is C22H18N2O5S. The molecule has 0 aliphatic carbocycles. The maximum absolute atomic E-state index is 13.5. The van der Waals surface area contributed by atoms with Gasteiger partial charge in [0, 0.05) is 6.07 Å². The molecule has 0 bridgehead atoms. The zero-order chi connectivity index (χ0) is 20.5. The van der Waals surface area contributed by atoms with Crippen LogP contribution in [-0.4, -0.2) is 30.7 Å². The Morgan fingerprint density at radius 1 is 1.20 bits per heavy atom. The predicted octanol–water partition coefficient (Wildman–Crippen LogP) is 4.27. The smallest absolute Gasteiger partial charge is 0.273 e. The molecule has 0 saturated carbocycles. The highest BCUT2D eigenvalue weighted by atomic mass is 32.1. The van der Waals surface area contributed by atoms with Gasteiger partial charge in [0.25, 0.3) is 5.91 Å². The summed E-state index contributed by atoms with van der Waals surface area (Å²) in [5.74, 6) is 2.30. The van der Waals surface area contributed by atoms with E-state index in [9.17, 15) is 4.79 Å². The van der Waals surface area contributed by atoms with Crippen LogP contribution in [0, 0.1) is 0 Å². The fourth-order valence-electron chi connectivity index (χ4n) is 3.25. The van der Waals surface area contributed by atoms with E-state index < -0.39 is 6.10 Å². The number of furan rings is 1. The van der Waals surface area contributed by atoms with Crippen LogP contribution in [0.25, 0.3) is 10.2 Å². The molecule has 30 heavy (non-hydrogen) atoms. The van der Waals surface area contributed by atoms with E-state index in [1.807, 2.05) is 42.5 Å². The van der Waals surface area contributed by atoms with Crippen LogP contribution < -0.4 is 19.1 Å². The van der Waals surface area contributed by atoms with Crippen LogP contribution in [0.5, 0.6) is 17.2 Å². The van der Waals surface area contributed by atoms with Gasteiger partial charge in [-0.25, -0.2) is 4.98 Å². The topological polar surface area (TPSA) is 74.0 Å². The minimum absolute atomic E-state index is 0.128. The Hall–Kier alpha value is -3.52. The number of aromatic nitrogens is 1. The molecule has 5 rings (SSSR count). The highest BCUT2D eigenvalue weighted by Crippen LogP contribution is 2.35. The summed E-state index contributed by atoms with van der Waals surface area (Å²) < 4.78 is 23.4. The van der Waals surface area contributed by atoms with Gasteiger partial charge in [-0.1, -0.05) is 23.5 Å². The molecule has 0 saturated heterocycles. The third kappa shape index (κ3) is 3.46. The lowest BCUT2D eigenvalue weighted by atomic mass is 10.2. The second kappa shape index (κ2) is 7.72. The molecule has 3 heterocycles. The Balaban J connectivity index is 1.48. The second-order valence-corrected chi connectivity index (χ2v) is 7.71. The number of amides is 1. The highest BCUT2D eigenvalue weighted by molar-refractivity contribution is 7.22. The van der Waals surface area contributed by atoms with Crippen molar-refractivity contribution in [1.29, 1.82) is 0 Å². The van der Waals surface area contributed by atoms with Gasteiger partial charge in [0.1, 0.15) is 18.1 Å². The average Bonchev–Trinajstić information content (AvgIpc) is 3.45. The van der Waals surface area contributed by atoms with Gasteiger partial charge in [0.05, 0.1) is 30.1 Å². The maximum Gasteiger partial charge on any atom is 0.273 e. The minimum atomic E-state index is -0.781. The van der Waals surface area contributed by atoms with Gasteiger partial charge < -0.3 is 18.6 Å². The Kier molecular flexibility index (Phi) is 4.76. The molecule has 1 aliphatic heterocycles. The summed E-state index contributed by atoms with van der Waals surface area (Å²) in [4.78, 5) is 19.7. The van der Waals surface area contributed by atoms with Crippen molar-refractivity contribution < 1.29 is 23.4 Å². The largest absolute Gasteiger partial charge is 0.497 e. The molecule has 2 aromatic heterocycles. The van der Waals surface area contributed by atoms with Crippen molar-refractivity contribution in [2.24, 2.45) is 0 Å². The van der Waals surface area contributed by atoms with Crippen LogP contribution in [0.2, 0.25) is 0 Å². The number of thiazole rings is 1. The number of para-hydroxylation sites is 2. The van der Waals surface area contributed by atoms with E-state index in [0.29, 0.717) is 28.1 Å². The van der Waals surface area contributed by atoms with Gasteiger partial charge in [0.2, 0.25) is 6.10 Å². The minimum Gasteiger partial charge on any atom is -0.497 e. The maximum atomic E-state index is 13.5. The first kappa shape index (κ1) is 18.5. The summed E-state index contributed by atoms with van der Waals surface area (Å²) in [5, 5.41) is 0.558. The molecular weight excluding hydrogens is 404 g/mol. The van der Waals surface area contributed by atoms with Gasteiger partial charge in [-0.3, -0.25) is 9.69 Å². The number of rotatable bonds is 5. The van der Waals surface area contributed by atoms with Crippen molar-refractivity contribution in [2.75, 3.05) is 18.6 Å². The van der Waals surface area contributed by atoms with E-state index in [4.69, 9.17) is 18.6 Å². The van der Waals surface area contributed by atoms with Crippen molar-refractivity contribution in [2.45, 2.75) is 12.6 Å². The molecule has 0 spiro atoms. The van der Waals surface area contributed by atoms with Crippen LogP contribution in [0.1, 0.15) is 5.76 Å². The zero-order valence-electron chi connectivity index (χ0n) is 16.1. The molecule has 1 atom stereocenters.